The summed E-state index contributed by atoms with van der Waals surface area (Å²) in [5.74, 6) is -1.66. The molecule has 0 radical (unpaired) electrons. The molecule has 0 unspecified atom stereocenters. The number of carbonyl (C=O) groups is 2. The number of aliphatic hydroxyl groups is 6. The van der Waals surface area contributed by atoms with Gasteiger partial charge in [0.05, 0.1) is 13.0 Å². The van der Waals surface area contributed by atoms with Crippen molar-refractivity contribution in [3.8, 4) is 0 Å². The molecule has 0 aromatic rings. The van der Waals surface area contributed by atoms with E-state index in [0.29, 0.717) is 0 Å². The Morgan fingerprint density at radius 2 is 1.50 bits per heavy atom. The van der Waals surface area contributed by atoms with Gasteiger partial charge in [0.15, 0.2) is 5.78 Å². The zero-order valence-corrected chi connectivity index (χ0v) is 9.64. The summed E-state index contributed by atoms with van der Waals surface area (Å²) in [6.07, 6.45) is -8.64. The van der Waals surface area contributed by atoms with E-state index >= 15 is 0 Å². The minimum atomic E-state index is -2.05. The Balaban J connectivity index is 4.40. The molecule has 0 fully saturated rings. The summed E-state index contributed by atoms with van der Waals surface area (Å²) in [6.45, 7) is -1.29. The van der Waals surface area contributed by atoms with Crippen LogP contribution in [0.3, 0.4) is 0 Å². The van der Waals surface area contributed by atoms with Gasteiger partial charge in [-0.1, -0.05) is 0 Å². The highest BCUT2D eigenvalue weighted by molar-refractivity contribution is 6.01. The van der Waals surface area contributed by atoms with E-state index in [4.69, 9.17) is 15.3 Å². The van der Waals surface area contributed by atoms with E-state index in [0.717, 1.165) is 0 Å². The number of ketones is 2. The third-order valence-corrected chi connectivity index (χ3v) is 2.35. The van der Waals surface area contributed by atoms with Gasteiger partial charge in [-0.2, -0.15) is 0 Å². The van der Waals surface area contributed by atoms with Crippen LogP contribution >= 0.6 is 0 Å². The smallest absolute Gasteiger partial charge is 0.171 e. The molecule has 0 amide bonds. The summed E-state index contributed by atoms with van der Waals surface area (Å²) in [4.78, 5) is 22.3. The number of Topliss-reactive ketones (excluding diaryl/α,β-unsaturated/α-hetero) is 2. The molecule has 0 heterocycles. The number of hydrogen-bond acceptors (Lipinski definition) is 8. The molecule has 0 aliphatic rings. The van der Waals surface area contributed by atoms with Crippen LogP contribution in [-0.4, -0.2) is 79.8 Å². The number of carbonyl (C=O) groups excluding carboxylic acids is 2. The second-order valence-electron chi connectivity index (χ2n) is 3.83. The van der Waals surface area contributed by atoms with Crippen molar-refractivity contribution >= 4 is 11.6 Å². The van der Waals surface area contributed by atoms with Gasteiger partial charge in [0, 0.05) is 13.0 Å². The van der Waals surface area contributed by atoms with Crippen LogP contribution in [0.2, 0.25) is 0 Å². The van der Waals surface area contributed by atoms with Gasteiger partial charge in [0.2, 0.25) is 0 Å². The Labute approximate surface area is 103 Å². The molecule has 4 atom stereocenters. The van der Waals surface area contributed by atoms with E-state index in [2.05, 4.69) is 0 Å². The largest absolute Gasteiger partial charge is 0.396 e. The first-order valence-electron chi connectivity index (χ1n) is 5.33. The van der Waals surface area contributed by atoms with Crippen LogP contribution in [0.15, 0.2) is 0 Å². The van der Waals surface area contributed by atoms with Gasteiger partial charge in [0.1, 0.15) is 30.2 Å². The molecule has 106 valence electrons. The molecule has 0 aromatic heterocycles. The summed E-state index contributed by atoms with van der Waals surface area (Å²) in [5, 5.41) is 53.9. The fourth-order valence-corrected chi connectivity index (χ4v) is 1.22. The SMILES string of the molecule is O=C(CCO)CC(=O)[C@H](O)[C@@H](O)[C@H](O)[C@H](O)CO. The Morgan fingerprint density at radius 3 is 1.94 bits per heavy atom. The van der Waals surface area contributed by atoms with Gasteiger partial charge >= 0.3 is 0 Å². The van der Waals surface area contributed by atoms with Crippen LogP contribution in [0.4, 0.5) is 0 Å². The van der Waals surface area contributed by atoms with Crippen LogP contribution in [-0.2, 0) is 9.59 Å². The fourth-order valence-electron chi connectivity index (χ4n) is 1.22. The Bertz CT molecular complexity index is 279. The zero-order valence-electron chi connectivity index (χ0n) is 9.64. The van der Waals surface area contributed by atoms with Crippen molar-refractivity contribution < 1.29 is 40.2 Å². The van der Waals surface area contributed by atoms with Crippen molar-refractivity contribution in [2.45, 2.75) is 37.3 Å². The predicted octanol–water partition coefficient (Wildman–Crippen LogP) is -3.67. The molecule has 0 saturated heterocycles. The lowest BCUT2D eigenvalue weighted by atomic mass is 9.97. The van der Waals surface area contributed by atoms with E-state index < -0.39 is 55.6 Å². The van der Waals surface area contributed by atoms with Crippen molar-refractivity contribution in [2.24, 2.45) is 0 Å². The first-order valence-corrected chi connectivity index (χ1v) is 5.33. The summed E-state index contributed by atoms with van der Waals surface area (Å²) in [5.41, 5.74) is 0. The van der Waals surface area contributed by atoms with Gasteiger partial charge in [0.25, 0.3) is 0 Å². The maximum atomic E-state index is 11.3. The average Bonchev–Trinajstić information content (AvgIpc) is 2.35. The van der Waals surface area contributed by atoms with Crippen LogP contribution in [0.25, 0.3) is 0 Å². The van der Waals surface area contributed by atoms with E-state index in [1.165, 1.54) is 0 Å². The third kappa shape index (κ3) is 5.17. The highest BCUT2D eigenvalue weighted by Crippen LogP contribution is 2.08. The van der Waals surface area contributed by atoms with Gasteiger partial charge in [-0.3, -0.25) is 9.59 Å². The lowest BCUT2D eigenvalue weighted by Crippen LogP contribution is -2.48. The van der Waals surface area contributed by atoms with Gasteiger partial charge in [-0.05, 0) is 0 Å². The van der Waals surface area contributed by atoms with Crippen molar-refractivity contribution in [2.75, 3.05) is 13.2 Å². The second-order valence-corrected chi connectivity index (χ2v) is 3.83. The molecule has 0 aromatic carbocycles. The molecule has 6 N–H and O–H groups in total. The van der Waals surface area contributed by atoms with E-state index in [-0.39, 0.29) is 6.42 Å². The van der Waals surface area contributed by atoms with Gasteiger partial charge in [-0.15, -0.1) is 0 Å². The number of hydrogen-bond donors (Lipinski definition) is 6. The summed E-state index contributed by atoms with van der Waals surface area (Å²) in [6, 6.07) is 0. The Kier molecular flexibility index (Phi) is 7.83. The first kappa shape index (κ1) is 17.1. The third-order valence-electron chi connectivity index (χ3n) is 2.35. The standard InChI is InChI=1S/C10H18O8/c11-2-1-5(13)3-6(14)8(16)10(18)9(17)7(15)4-12/h7-12,15-18H,1-4H2/t7-,8+,9-,10-/m1/s1. The highest BCUT2D eigenvalue weighted by atomic mass is 16.4. The Hall–Kier alpha value is -0.900. The second kappa shape index (κ2) is 8.25. The topological polar surface area (TPSA) is 156 Å². The lowest BCUT2D eigenvalue weighted by molar-refractivity contribution is -0.148. The summed E-state index contributed by atoms with van der Waals surface area (Å²) >= 11 is 0. The van der Waals surface area contributed by atoms with Crippen LogP contribution in [0.1, 0.15) is 12.8 Å². The van der Waals surface area contributed by atoms with E-state index in [9.17, 15) is 24.9 Å². The van der Waals surface area contributed by atoms with E-state index in [1.54, 1.807) is 0 Å². The van der Waals surface area contributed by atoms with Crippen LogP contribution < -0.4 is 0 Å². The molecule has 8 nitrogen and oxygen atoms in total. The number of rotatable bonds is 9. The monoisotopic (exact) mass is 266 g/mol. The molecule has 0 spiro atoms. The maximum absolute atomic E-state index is 11.3. The Morgan fingerprint density at radius 1 is 0.944 bits per heavy atom. The van der Waals surface area contributed by atoms with Crippen molar-refractivity contribution in [1.29, 1.82) is 0 Å². The van der Waals surface area contributed by atoms with Gasteiger partial charge in [-0.25, -0.2) is 0 Å². The van der Waals surface area contributed by atoms with Crippen LogP contribution in [0, 0.1) is 0 Å². The molecule has 0 saturated carbocycles. The predicted molar refractivity (Wildman–Crippen MR) is 57.4 cm³/mol. The minimum Gasteiger partial charge on any atom is -0.396 e. The molecule has 0 aliphatic heterocycles. The molecule has 0 rings (SSSR count). The first-order chi connectivity index (χ1) is 8.34. The van der Waals surface area contributed by atoms with Crippen molar-refractivity contribution in [1.82, 2.24) is 0 Å². The lowest BCUT2D eigenvalue weighted by Gasteiger charge is -2.24. The highest BCUT2D eigenvalue weighted by Gasteiger charge is 2.34. The average molecular weight is 266 g/mol. The molecule has 0 aliphatic carbocycles. The quantitative estimate of drug-likeness (QED) is 0.233. The number of aliphatic hydroxyl groups excluding tert-OH is 6. The van der Waals surface area contributed by atoms with E-state index in [1.807, 2.05) is 0 Å². The maximum Gasteiger partial charge on any atom is 0.171 e. The zero-order chi connectivity index (χ0) is 14.3. The fraction of sp³-hybridized carbons (Fsp3) is 0.800. The molecule has 0 bridgehead atoms. The molecule has 18 heavy (non-hydrogen) atoms. The normalized spacial score (nSPS) is 17.9. The van der Waals surface area contributed by atoms with Crippen molar-refractivity contribution in [3.63, 3.8) is 0 Å². The summed E-state index contributed by atoms with van der Waals surface area (Å²) in [7, 11) is 0. The molecular formula is C10H18O8. The summed E-state index contributed by atoms with van der Waals surface area (Å²) < 4.78 is 0. The van der Waals surface area contributed by atoms with Crippen LogP contribution in [0.5, 0.6) is 0 Å². The molecular weight excluding hydrogens is 248 g/mol. The molecule has 8 heteroatoms. The van der Waals surface area contributed by atoms with Crippen molar-refractivity contribution in [3.05, 3.63) is 0 Å². The minimum absolute atomic E-state index is 0.254. The van der Waals surface area contributed by atoms with Gasteiger partial charge < -0.3 is 30.6 Å².